The van der Waals surface area contributed by atoms with Gasteiger partial charge in [0, 0.05) is 0 Å². The van der Waals surface area contributed by atoms with E-state index in [0.29, 0.717) is 0 Å². The molecule has 21 heavy (non-hydrogen) atoms. The number of rotatable bonds is 2. The van der Waals surface area contributed by atoms with Gasteiger partial charge in [0.25, 0.3) is 0 Å². The third-order valence-corrected chi connectivity index (χ3v) is 4.10. The normalized spacial score (nSPS) is 10.9. The summed E-state index contributed by atoms with van der Waals surface area (Å²) >= 11 is 0. The van der Waals surface area contributed by atoms with Gasteiger partial charge >= 0.3 is 0 Å². The van der Waals surface area contributed by atoms with E-state index in [9.17, 15) is 0 Å². The minimum atomic E-state index is 0.974. The highest BCUT2D eigenvalue weighted by atomic mass is 14.1. The predicted octanol–water partition coefficient (Wildman–Crippen LogP) is 4.49. The maximum absolute atomic E-state index is 4.28. The first kappa shape index (κ1) is 13.4. The van der Waals surface area contributed by atoms with Crippen LogP contribution < -0.4 is 10.4 Å². The van der Waals surface area contributed by atoms with Crippen molar-refractivity contribution in [3.8, 4) is 0 Å². The van der Waals surface area contributed by atoms with Gasteiger partial charge in [-0.15, -0.1) is 0 Å². The second-order valence-electron chi connectivity index (χ2n) is 5.44. The second-order valence-corrected chi connectivity index (χ2v) is 5.44. The molecule has 0 unspecified atom stereocenters. The fourth-order valence-corrected chi connectivity index (χ4v) is 3.06. The number of allylic oxidation sites excluding steroid dienone is 1. The first-order valence-electron chi connectivity index (χ1n) is 7.00. The molecular formula is C21H18. The van der Waals surface area contributed by atoms with Crippen molar-refractivity contribution in [1.82, 2.24) is 0 Å². The molecule has 0 aliphatic carbocycles. The molecule has 0 nitrogen and oxygen atoms in total. The Kier molecular flexibility index (Phi) is 3.03. The average molecular weight is 270 g/mol. The van der Waals surface area contributed by atoms with Crippen LogP contribution in [0.1, 0.15) is 18.1 Å². The van der Waals surface area contributed by atoms with Crippen molar-refractivity contribution in [2.75, 3.05) is 0 Å². The summed E-state index contributed by atoms with van der Waals surface area (Å²) < 4.78 is 0. The van der Waals surface area contributed by atoms with Gasteiger partial charge in [-0.1, -0.05) is 74.4 Å². The molecule has 0 radical (unpaired) electrons. The van der Waals surface area contributed by atoms with Crippen molar-refractivity contribution in [2.24, 2.45) is 0 Å². The van der Waals surface area contributed by atoms with Gasteiger partial charge in [0.2, 0.25) is 0 Å². The van der Waals surface area contributed by atoms with Crippen molar-refractivity contribution in [1.29, 1.82) is 0 Å². The Hall–Kier alpha value is -2.60. The molecule has 0 atom stereocenters. The summed E-state index contributed by atoms with van der Waals surface area (Å²) in [6.45, 7) is 18.6. The Morgan fingerprint density at radius 3 is 2.10 bits per heavy atom. The van der Waals surface area contributed by atoms with Crippen molar-refractivity contribution >= 4 is 46.4 Å². The number of hydrogen-bond acceptors (Lipinski definition) is 0. The maximum atomic E-state index is 4.28. The summed E-state index contributed by atoms with van der Waals surface area (Å²) in [6.07, 6.45) is 1.88. The lowest BCUT2D eigenvalue weighted by Gasteiger charge is -2.12. The second kappa shape index (κ2) is 4.75. The van der Waals surface area contributed by atoms with E-state index in [1.54, 1.807) is 0 Å². The van der Waals surface area contributed by atoms with E-state index in [0.717, 1.165) is 37.9 Å². The van der Waals surface area contributed by atoms with E-state index in [2.05, 4.69) is 62.7 Å². The van der Waals surface area contributed by atoms with Crippen molar-refractivity contribution in [3.05, 3.63) is 71.1 Å². The summed E-state index contributed by atoms with van der Waals surface area (Å²) in [5.74, 6) is 0. The van der Waals surface area contributed by atoms with Gasteiger partial charge in [-0.05, 0) is 50.0 Å². The summed E-state index contributed by atoms with van der Waals surface area (Å²) in [5.41, 5.74) is 3.29. The van der Waals surface area contributed by atoms with E-state index in [1.807, 2.05) is 13.0 Å². The molecule has 3 aromatic rings. The summed E-state index contributed by atoms with van der Waals surface area (Å²) in [5, 5.41) is 6.65. The molecule has 0 fully saturated rings. The minimum absolute atomic E-state index is 0.974. The SMILES string of the molecule is C=Cc1cccc2c1c(=C)c(=C)c1c(C(=C)C)cccc12. The van der Waals surface area contributed by atoms with Gasteiger partial charge < -0.3 is 0 Å². The molecule has 0 saturated carbocycles. The highest BCUT2D eigenvalue weighted by Crippen LogP contribution is 2.27. The third-order valence-electron chi connectivity index (χ3n) is 4.10. The van der Waals surface area contributed by atoms with Crippen LogP contribution in [-0.2, 0) is 0 Å². The minimum Gasteiger partial charge on any atom is -0.0984 e. The first-order chi connectivity index (χ1) is 10.1. The summed E-state index contributed by atoms with van der Waals surface area (Å²) in [6, 6.07) is 12.6. The Morgan fingerprint density at radius 2 is 1.48 bits per heavy atom. The molecule has 0 aliphatic rings. The fraction of sp³-hybridized carbons (Fsp3) is 0.0476. The summed E-state index contributed by atoms with van der Waals surface area (Å²) in [4.78, 5) is 0. The molecule has 0 spiro atoms. The Balaban J connectivity index is 2.74. The standard InChI is InChI=1S/C21H18/c1-6-16-9-7-11-18-19-12-8-10-17(13(2)3)21(19)15(5)14(4)20(16)18/h6-12H,1-2,4-5H2,3H3. The van der Waals surface area contributed by atoms with Crippen LogP contribution in [0.4, 0.5) is 0 Å². The van der Waals surface area contributed by atoms with Crippen molar-refractivity contribution < 1.29 is 0 Å². The smallest absolute Gasteiger partial charge is 0.00301 e. The van der Waals surface area contributed by atoms with E-state index in [4.69, 9.17) is 0 Å². The molecule has 102 valence electrons. The topological polar surface area (TPSA) is 0 Å². The number of fused-ring (bicyclic) bond motifs is 3. The Labute approximate surface area is 125 Å². The average Bonchev–Trinajstić information content (AvgIpc) is 2.50. The van der Waals surface area contributed by atoms with Gasteiger partial charge in [-0.2, -0.15) is 0 Å². The zero-order valence-electron chi connectivity index (χ0n) is 12.4. The lowest BCUT2D eigenvalue weighted by atomic mass is 9.91. The van der Waals surface area contributed by atoms with E-state index in [1.165, 1.54) is 10.8 Å². The zero-order chi connectivity index (χ0) is 15.1. The molecule has 0 N–H and O–H groups in total. The predicted molar refractivity (Wildman–Crippen MR) is 96.5 cm³/mol. The molecule has 0 aliphatic heterocycles. The van der Waals surface area contributed by atoms with E-state index < -0.39 is 0 Å². The molecule has 0 amide bonds. The first-order valence-corrected chi connectivity index (χ1v) is 7.00. The van der Waals surface area contributed by atoms with Crippen LogP contribution in [0.2, 0.25) is 0 Å². The zero-order valence-corrected chi connectivity index (χ0v) is 12.4. The highest BCUT2D eigenvalue weighted by Gasteiger charge is 2.09. The fourth-order valence-electron chi connectivity index (χ4n) is 3.06. The van der Waals surface area contributed by atoms with Gasteiger partial charge in [0.1, 0.15) is 0 Å². The Bertz CT molecular complexity index is 1000. The van der Waals surface area contributed by atoms with Crippen molar-refractivity contribution in [3.63, 3.8) is 0 Å². The molecule has 0 bridgehead atoms. The van der Waals surface area contributed by atoms with Crippen molar-refractivity contribution in [2.45, 2.75) is 6.92 Å². The van der Waals surface area contributed by atoms with Gasteiger partial charge in [-0.25, -0.2) is 0 Å². The largest absolute Gasteiger partial charge is 0.0984 e. The van der Waals surface area contributed by atoms with Crippen LogP contribution >= 0.6 is 0 Å². The number of hydrogen-bond donors (Lipinski definition) is 0. The van der Waals surface area contributed by atoms with Crippen LogP contribution in [0.15, 0.2) is 49.6 Å². The van der Waals surface area contributed by atoms with Crippen LogP contribution in [0.5, 0.6) is 0 Å². The maximum Gasteiger partial charge on any atom is -0.00301 e. The van der Waals surface area contributed by atoms with Crippen LogP contribution in [0.3, 0.4) is 0 Å². The molecule has 0 aromatic heterocycles. The van der Waals surface area contributed by atoms with Gasteiger partial charge in [-0.3, -0.25) is 0 Å². The quantitative estimate of drug-likeness (QED) is 0.602. The molecular weight excluding hydrogens is 252 g/mol. The monoisotopic (exact) mass is 270 g/mol. The van der Waals surface area contributed by atoms with E-state index in [-0.39, 0.29) is 0 Å². The molecule has 0 saturated heterocycles. The lowest BCUT2D eigenvalue weighted by Crippen LogP contribution is -2.24. The van der Waals surface area contributed by atoms with Crippen LogP contribution in [-0.4, -0.2) is 0 Å². The third kappa shape index (κ3) is 1.84. The lowest BCUT2D eigenvalue weighted by molar-refractivity contribution is 1.59. The van der Waals surface area contributed by atoms with Crippen LogP contribution in [0.25, 0.3) is 46.4 Å². The molecule has 0 heteroatoms. The molecule has 3 rings (SSSR count). The Morgan fingerprint density at radius 1 is 0.905 bits per heavy atom. The highest BCUT2D eigenvalue weighted by molar-refractivity contribution is 6.12. The van der Waals surface area contributed by atoms with E-state index >= 15 is 0 Å². The van der Waals surface area contributed by atoms with Gasteiger partial charge in [0.15, 0.2) is 0 Å². The van der Waals surface area contributed by atoms with Gasteiger partial charge in [0.05, 0.1) is 0 Å². The summed E-state index contributed by atoms with van der Waals surface area (Å²) in [7, 11) is 0. The molecule has 3 aromatic carbocycles. The van der Waals surface area contributed by atoms with Crippen LogP contribution in [0, 0.1) is 0 Å². The number of benzene rings is 3. The molecule has 0 heterocycles.